The van der Waals surface area contributed by atoms with Gasteiger partial charge < -0.3 is 10.2 Å². The molecule has 2 fully saturated rings. The van der Waals surface area contributed by atoms with E-state index in [4.69, 9.17) is 0 Å². The number of carbonyl (C=O) groups is 1. The van der Waals surface area contributed by atoms with E-state index in [9.17, 15) is 4.79 Å². The van der Waals surface area contributed by atoms with Gasteiger partial charge in [0.05, 0.1) is 0 Å². The van der Waals surface area contributed by atoms with Gasteiger partial charge in [0.2, 0.25) is 5.91 Å². The van der Waals surface area contributed by atoms with Crippen LogP contribution in [0.2, 0.25) is 0 Å². The first-order valence-corrected chi connectivity index (χ1v) is 8.61. The van der Waals surface area contributed by atoms with Crippen LogP contribution in [0.1, 0.15) is 65.7 Å². The number of rotatable bonds is 5. The molecule has 0 radical (unpaired) electrons. The van der Waals surface area contributed by atoms with Crippen LogP contribution in [0.5, 0.6) is 0 Å². The van der Waals surface area contributed by atoms with E-state index in [1.807, 2.05) is 0 Å². The fourth-order valence-corrected chi connectivity index (χ4v) is 4.06. The Morgan fingerprint density at radius 1 is 1.10 bits per heavy atom. The van der Waals surface area contributed by atoms with Gasteiger partial charge in [-0.2, -0.15) is 0 Å². The molecule has 4 heteroatoms. The molecule has 1 heterocycles. The molecule has 0 aromatic carbocycles. The van der Waals surface area contributed by atoms with Crippen molar-refractivity contribution in [3.8, 4) is 0 Å². The number of nitrogens with zero attached hydrogens (tertiary/aromatic N) is 1. The Balaban J connectivity index is 0.00000220. The second-order valence-electron chi connectivity index (χ2n) is 7.10. The maximum atomic E-state index is 12.7. The summed E-state index contributed by atoms with van der Waals surface area (Å²) in [5.74, 6) is 1.67. The normalized spacial score (nSPS) is 22.1. The maximum Gasteiger partial charge on any atom is 0.223 e. The quantitative estimate of drug-likeness (QED) is 0.840. The molecule has 1 N–H and O–H groups in total. The number of carbonyl (C=O) groups excluding carboxylic acids is 1. The summed E-state index contributed by atoms with van der Waals surface area (Å²) in [7, 11) is 0. The highest BCUT2D eigenvalue weighted by molar-refractivity contribution is 5.85. The molecule has 1 saturated heterocycles. The van der Waals surface area contributed by atoms with Gasteiger partial charge >= 0.3 is 0 Å². The van der Waals surface area contributed by atoms with Crippen molar-refractivity contribution in [2.24, 2.45) is 11.8 Å². The Morgan fingerprint density at radius 2 is 1.67 bits per heavy atom. The second-order valence-corrected chi connectivity index (χ2v) is 7.10. The minimum absolute atomic E-state index is 0. The minimum Gasteiger partial charge on any atom is -0.337 e. The van der Waals surface area contributed by atoms with Gasteiger partial charge in [-0.1, -0.05) is 19.8 Å². The van der Waals surface area contributed by atoms with Gasteiger partial charge in [0.15, 0.2) is 0 Å². The van der Waals surface area contributed by atoms with E-state index >= 15 is 0 Å². The lowest BCUT2D eigenvalue weighted by molar-refractivity contribution is -0.136. The van der Waals surface area contributed by atoms with Crippen LogP contribution in [0, 0.1) is 11.8 Å². The molecular formula is C17H33ClN2O. The van der Waals surface area contributed by atoms with Crippen LogP contribution in [0.3, 0.4) is 0 Å². The summed E-state index contributed by atoms with van der Waals surface area (Å²) in [6.45, 7) is 8.87. The number of nitrogens with one attached hydrogen (secondary N) is 1. The van der Waals surface area contributed by atoms with Crippen molar-refractivity contribution in [3.05, 3.63) is 0 Å². The molecule has 0 spiro atoms. The molecule has 1 unspecified atom stereocenters. The monoisotopic (exact) mass is 316 g/mol. The molecule has 0 aromatic rings. The van der Waals surface area contributed by atoms with Crippen LogP contribution in [0.15, 0.2) is 0 Å². The maximum absolute atomic E-state index is 12.7. The number of hydrogen-bond donors (Lipinski definition) is 1. The summed E-state index contributed by atoms with van der Waals surface area (Å²) in [5, 5.41) is 3.41. The van der Waals surface area contributed by atoms with E-state index in [1.54, 1.807) is 0 Å². The predicted octanol–water partition coefficient (Wildman–Crippen LogP) is 3.61. The molecule has 1 amide bonds. The molecule has 3 nitrogen and oxygen atoms in total. The molecule has 1 aliphatic carbocycles. The summed E-state index contributed by atoms with van der Waals surface area (Å²) in [5.41, 5.74) is 0. The molecule has 21 heavy (non-hydrogen) atoms. The zero-order valence-corrected chi connectivity index (χ0v) is 14.8. The van der Waals surface area contributed by atoms with Crippen molar-refractivity contribution in [3.63, 3.8) is 0 Å². The smallest absolute Gasteiger partial charge is 0.223 e. The van der Waals surface area contributed by atoms with Gasteiger partial charge in [0.1, 0.15) is 0 Å². The van der Waals surface area contributed by atoms with Crippen LogP contribution >= 0.6 is 12.4 Å². The molecule has 124 valence electrons. The number of halogens is 1. The molecule has 2 aliphatic rings. The molecular weight excluding hydrogens is 284 g/mol. The predicted molar refractivity (Wildman–Crippen MR) is 90.9 cm³/mol. The third kappa shape index (κ3) is 5.14. The average Bonchev–Trinajstić information content (AvgIpc) is 2.93. The second kappa shape index (κ2) is 8.99. The van der Waals surface area contributed by atoms with Crippen molar-refractivity contribution >= 4 is 18.3 Å². The Labute approximate surface area is 136 Å². The zero-order chi connectivity index (χ0) is 14.5. The summed E-state index contributed by atoms with van der Waals surface area (Å²) in [6.07, 6.45) is 8.24. The lowest BCUT2D eigenvalue weighted by Crippen LogP contribution is -2.44. The fourth-order valence-electron chi connectivity index (χ4n) is 4.06. The van der Waals surface area contributed by atoms with Crippen LogP contribution in [-0.4, -0.2) is 36.0 Å². The van der Waals surface area contributed by atoms with E-state index in [0.29, 0.717) is 23.9 Å². The summed E-state index contributed by atoms with van der Waals surface area (Å²) in [6, 6.07) is 0.869. The average molecular weight is 317 g/mol. The largest absolute Gasteiger partial charge is 0.337 e. The standard InChI is InChI=1S/C17H32N2O.ClH/c1-13(2)19(16-6-4-5-7-16)17(20)12-14(3)15-8-10-18-11-9-15;/h13-16,18H,4-12H2,1-3H3;1H. The lowest BCUT2D eigenvalue weighted by atomic mass is 9.83. The van der Waals surface area contributed by atoms with Crippen molar-refractivity contribution in [2.45, 2.75) is 77.8 Å². The molecule has 0 bridgehead atoms. The van der Waals surface area contributed by atoms with Gasteiger partial charge in [-0.3, -0.25) is 4.79 Å². The van der Waals surface area contributed by atoms with Crippen LogP contribution in [0.25, 0.3) is 0 Å². The van der Waals surface area contributed by atoms with Gasteiger partial charge in [-0.15, -0.1) is 12.4 Å². The Hall–Kier alpha value is -0.280. The van der Waals surface area contributed by atoms with E-state index in [-0.39, 0.29) is 12.4 Å². The Morgan fingerprint density at radius 3 is 2.19 bits per heavy atom. The van der Waals surface area contributed by atoms with Crippen LogP contribution < -0.4 is 5.32 Å². The first kappa shape index (κ1) is 18.8. The first-order chi connectivity index (χ1) is 9.59. The van der Waals surface area contributed by atoms with Crippen molar-refractivity contribution in [1.82, 2.24) is 10.2 Å². The van der Waals surface area contributed by atoms with Crippen LogP contribution in [-0.2, 0) is 4.79 Å². The minimum atomic E-state index is 0. The summed E-state index contributed by atoms with van der Waals surface area (Å²) in [4.78, 5) is 14.9. The van der Waals surface area contributed by atoms with E-state index < -0.39 is 0 Å². The molecule has 0 aromatic heterocycles. The lowest BCUT2D eigenvalue weighted by Gasteiger charge is -2.35. The fraction of sp³-hybridized carbons (Fsp3) is 0.941. The van der Waals surface area contributed by atoms with Gasteiger partial charge in [-0.05, 0) is 64.5 Å². The van der Waals surface area contributed by atoms with E-state index in [1.165, 1.54) is 38.5 Å². The van der Waals surface area contributed by atoms with Gasteiger partial charge in [0, 0.05) is 18.5 Å². The first-order valence-electron chi connectivity index (χ1n) is 8.61. The summed E-state index contributed by atoms with van der Waals surface area (Å²) >= 11 is 0. The molecule has 1 aliphatic heterocycles. The number of piperidine rings is 1. The third-order valence-electron chi connectivity index (χ3n) is 5.25. The molecule has 1 saturated carbocycles. The van der Waals surface area contributed by atoms with Gasteiger partial charge in [-0.25, -0.2) is 0 Å². The Bertz CT molecular complexity index is 310. The number of hydrogen-bond acceptors (Lipinski definition) is 2. The number of amides is 1. The SMILES string of the molecule is CC(CC(=O)N(C(C)C)C1CCCC1)C1CCNCC1.Cl. The van der Waals surface area contributed by atoms with Crippen molar-refractivity contribution in [1.29, 1.82) is 0 Å². The van der Waals surface area contributed by atoms with E-state index in [2.05, 4.69) is 31.0 Å². The molecule has 1 atom stereocenters. The van der Waals surface area contributed by atoms with Crippen molar-refractivity contribution < 1.29 is 4.79 Å². The highest BCUT2D eigenvalue weighted by atomic mass is 35.5. The van der Waals surface area contributed by atoms with Crippen molar-refractivity contribution in [2.75, 3.05) is 13.1 Å². The molecule has 2 rings (SSSR count). The topological polar surface area (TPSA) is 32.3 Å². The highest BCUT2D eigenvalue weighted by Gasteiger charge is 2.30. The van der Waals surface area contributed by atoms with Gasteiger partial charge in [0.25, 0.3) is 0 Å². The highest BCUT2D eigenvalue weighted by Crippen LogP contribution is 2.29. The van der Waals surface area contributed by atoms with Crippen LogP contribution in [0.4, 0.5) is 0 Å². The summed E-state index contributed by atoms with van der Waals surface area (Å²) < 4.78 is 0. The Kier molecular flexibility index (Phi) is 8.04. The third-order valence-corrected chi connectivity index (χ3v) is 5.25. The zero-order valence-electron chi connectivity index (χ0n) is 13.9. The van der Waals surface area contributed by atoms with E-state index in [0.717, 1.165) is 25.4 Å².